The fraction of sp³-hybridized carbons (Fsp3) is 0.235. The van der Waals surface area contributed by atoms with Gasteiger partial charge in [0, 0.05) is 36.9 Å². The van der Waals surface area contributed by atoms with E-state index in [1.165, 1.54) is 0 Å². The van der Waals surface area contributed by atoms with Crippen LogP contribution >= 0.6 is 11.6 Å². The average molecular weight is 303 g/mol. The number of halogens is 1. The van der Waals surface area contributed by atoms with Gasteiger partial charge in [-0.2, -0.15) is 0 Å². The van der Waals surface area contributed by atoms with Crippen molar-refractivity contribution in [2.75, 3.05) is 24.3 Å². The van der Waals surface area contributed by atoms with Gasteiger partial charge < -0.3 is 10.2 Å². The van der Waals surface area contributed by atoms with Gasteiger partial charge in [-0.15, -0.1) is 0 Å². The molecule has 4 heteroatoms. The summed E-state index contributed by atoms with van der Waals surface area (Å²) in [5.41, 5.74) is 3.04. The van der Waals surface area contributed by atoms with Crippen LogP contribution in [-0.4, -0.2) is 20.0 Å². The number of carbonyl (C=O) groups excluding carboxylic acids is 1. The molecule has 0 bridgehead atoms. The van der Waals surface area contributed by atoms with E-state index in [9.17, 15) is 4.79 Å². The van der Waals surface area contributed by atoms with Crippen molar-refractivity contribution in [3.05, 3.63) is 59.1 Å². The number of aryl methyl sites for hydroxylation is 1. The van der Waals surface area contributed by atoms with Gasteiger partial charge in [-0.1, -0.05) is 23.7 Å². The molecule has 1 N–H and O–H groups in total. The van der Waals surface area contributed by atoms with Crippen molar-refractivity contribution in [2.45, 2.75) is 12.8 Å². The van der Waals surface area contributed by atoms with Crippen LogP contribution in [0.2, 0.25) is 5.02 Å². The Morgan fingerprint density at radius 3 is 2.24 bits per heavy atom. The van der Waals surface area contributed by atoms with Gasteiger partial charge in [0.1, 0.15) is 0 Å². The predicted octanol–water partition coefficient (Wildman–Crippen LogP) is 3.98. The van der Waals surface area contributed by atoms with Gasteiger partial charge in [0.15, 0.2) is 0 Å². The Bertz CT molecular complexity index is 591. The first-order valence-corrected chi connectivity index (χ1v) is 7.24. The van der Waals surface area contributed by atoms with E-state index >= 15 is 0 Å². The van der Waals surface area contributed by atoms with Crippen molar-refractivity contribution >= 4 is 28.9 Å². The van der Waals surface area contributed by atoms with Crippen LogP contribution in [0.1, 0.15) is 12.0 Å². The minimum absolute atomic E-state index is 0.0163. The molecular formula is C17H19ClN2O. The highest BCUT2D eigenvalue weighted by atomic mass is 35.5. The molecule has 21 heavy (non-hydrogen) atoms. The molecule has 1 amide bonds. The minimum Gasteiger partial charge on any atom is -0.378 e. The van der Waals surface area contributed by atoms with Crippen LogP contribution in [-0.2, 0) is 11.2 Å². The quantitative estimate of drug-likeness (QED) is 0.906. The molecule has 0 saturated carbocycles. The molecule has 0 fully saturated rings. The molecule has 0 atom stereocenters. The zero-order valence-electron chi connectivity index (χ0n) is 12.3. The van der Waals surface area contributed by atoms with Gasteiger partial charge in [0.25, 0.3) is 0 Å². The second-order valence-electron chi connectivity index (χ2n) is 5.12. The highest BCUT2D eigenvalue weighted by molar-refractivity contribution is 6.30. The Balaban J connectivity index is 1.85. The van der Waals surface area contributed by atoms with Gasteiger partial charge in [-0.05, 0) is 48.4 Å². The number of anilines is 2. The Hall–Kier alpha value is -2.00. The smallest absolute Gasteiger partial charge is 0.224 e. The van der Waals surface area contributed by atoms with Crippen molar-refractivity contribution in [3.8, 4) is 0 Å². The molecule has 2 aromatic rings. The van der Waals surface area contributed by atoms with E-state index in [-0.39, 0.29) is 5.91 Å². The molecule has 3 nitrogen and oxygen atoms in total. The number of nitrogens with one attached hydrogen (secondary N) is 1. The summed E-state index contributed by atoms with van der Waals surface area (Å²) in [7, 11) is 3.97. The summed E-state index contributed by atoms with van der Waals surface area (Å²) in [6.45, 7) is 0. The summed E-state index contributed by atoms with van der Waals surface area (Å²) in [6.07, 6.45) is 1.16. The minimum atomic E-state index is 0.0163. The van der Waals surface area contributed by atoms with Crippen LogP contribution in [0, 0.1) is 0 Å². The number of hydrogen-bond donors (Lipinski definition) is 1. The Morgan fingerprint density at radius 2 is 1.67 bits per heavy atom. The number of carbonyl (C=O) groups is 1. The van der Waals surface area contributed by atoms with E-state index in [0.29, 0.717) is 17.9 Å². The summed E-state index contributed by atoms with van der Waals surface area (Å²) in [5.74, 6) is 0.0163. The van der Waals surface area contributed by atoms with Crippen LogP contribution in [0.25, 0.3) is 0 Å². The van der Waals surface area contributed by atoms with Crippen molar-refractivity contribution in [1.29, 1.82) is 0 Å². The lowest BCUT2D eigenvalue weighted by atomic mass is 10.1. The van der Waals surface area contributed by atoms with Crippen LogP contribution in [0.5, 0.6) is 0 Å². The SMILES string of the molecule is CN(C)c1ccc(NC(=O)CCc2ccc(Cl)cc2)cc1. The molecule has 0 aliphatic carbocycles. The molecule has 0 spiro atoms. The molecule has 0 saturated heterocycles. The first-order valence-electron chi connectivity index (χ1n) is 6.86. The highest BCUT2D eigenvalue weighted by Crippen LogP contribution is 2.16. The van der Waals surface area contributed by atoms with E-state index in [4.69, 9.17) is 11.6 Å². The second kappa shape index (κ2) is 7.14. The molecule has 2 rings (SSSR count). The molecule has 2 aromatic carbocycles. The molecular weight excluding hydrogens is 284 g/mol. The first kappa shape index (κ1) is 15.4. The normalized spacial score (nSPS) is 10.2. The number of nitrogens with zero attached hydrogens (tertiary/aromatic N) is 1. The molecule has 0 aromatic heterocycles. The average Bonchev–Trinajstić information content (AvgIpc) is 2.47. The molecule has 0 radical (unpaired) electrons. The van der Waals surface area contributed by atoms with E-state index in [1.54, 1.807) is 0 Å². The van der Waals surface area contributed by atoms with E-state index in [1.807, 2.05) is 67.5 Å². The molecule has 0 aliphatic rings. The number of rotatable bonds is 5. The standard InChI is InChI=1S/C17H19ClN2O/c1-20(2)16-10-8-15(9-11-16)19-17(21)12-5-13-3-6-14(18)7-4-13/h3-4,6-11H,5,12H2,1-2H3,(H,19,21). The van der Waals surface area contributed by atoms with Gasteiger partial charge >= 0.3 is 0 Å². The maximum absolute atomic E-state index is 11.9. The monoisotopic (exact) mass is 302 g/mol. The zero-order valence-corrected chi connectivity index (χ0v) is 13.0. The first-order chi connectivity index (χ1) is 10.0. The van der Waals surface area contributed by atoms with Gasteiger partial charge in [0.2, 0.25) is 5.91 Å². The maximum Gasteiger partial charge on any atom is 0.224 e. The number of benzene rings is 2. The fourth-order valence-corrected chi connectivity index (χ4v) is 2.10. The summed E-state index contributed by atoms with van der Waals surface area (Å²) in [6, 6.07) is 15.4. The lowest BCUT2D eigenvalue weighted by molar-refractivity contribution is -0.116. The molecule has 0 unspecified atom stereocenters. The van der Waals surface area contributed by atoms with E-state index < -0.39 is 0 Å². The van der Waals surface area contributed by atoms with Crippen LogP contribution in [0.15, 0.2) is 48.5 Å². The summed E-state index contributed by atoms with van der Waals surface area (Å²) < 4.78 is 0. The van der Waals surface area contributed by atoms with E-state index in [0.717, 1.165) is 16.9 Å². The highest BCUT2D eigenvalue weighted by Gasteiger charge is 2.04. The third kappa shape index (κ3) is 4.80. The molecule has 110 valence electrons. The lowest BCUT2D eigenvalue weighted by Gasteiger charge is -2.13. The number of amides is 1. The van der Waals surface area contributed by atoms with Crippen LogP contribution < -0.4 is 10.2 Å². The van der Waals surface area contributed by atoms with Crippen LogP contribution in [0.4, 0.5) is 11.4 Å². The van der Waals surface area contributed by atoms with Crippen molar-refractivity contribution in [1.82, 2.24) is 0 Å². The van der Waals surface area contributed by atoms with E-state index in [2.05, 4.69) is 5.32 Å². The Kier molecular flexibility index (Phi) is 5.23. The lowest BCUT2D eigenvalue weighted by Crippen LogP contribution is -2.13. The Morgan fingerprint density at radius 1 is 1.05 bits per heavy atom. The second-order valence-corrected chi connectivity index (χ2v) is 5.55. The third-order valence-corrected chi connectivity index (χ3v) is 3.47. The van der Waals surface area contributed by atoms with Crippen molar-refractivity contribution < 1.29 is 4.79 Å². The topological polar surface area (TPSA) is 32.3 Å². The fourth-order valence-electron chi connectivity index (χ4n) is 1.98. The molecule has 0 heterocycles. The number of hydrogen-bond acceptors (Lipinski definition) is 2. The Labute approximate surface area is 130 Å². The van der Waals surface area contributed by atoms with Crippen molar-refractivity contribution in [2.24, 2.45) is 0 Å². The largest absolute Gasteiger partial charge is 0.378 e. The van der Waals surface area contributed by atoms with Crippen LogP contribution in [0.3, 0.4) is 0 Å². The van der Waals surface area contributed by atoms with Crippen molar-refractivity contribution in [3.63, 3.8) is 0 Å². The van der Waals surface area contributed by atoms with Gasteiger partial charge in [-0.3, -0.25) is 4.79 Å². The van der Waals surface area contributed by atoms with Gasteiger partial charge in [0.05, 0.1) is 0 Å². The zero-order chi connectivity index (χ0) is 15.2. The summed E-state index contributed by atoms with van der Waals surface area (Å²) in [5, 5.41) is 3.62. The summed E-state index contributed by atoms with van der Waals surface area (Å²) >= 11 is 5.83. The van der Waals surface area contributed by atoms with Gasteiger partial charge in [-0.25, -0.2) is 0 Å². The third-order valence-electron chi connectivity index (χ3n) is 3.22. The summed E-state index contributed by atoms with van der Waals surface area (Å²) in [4.78, 5) is 13.9. The maximum atomic E-state index is 11.9. The molecule has 0 aliphatic heterocycles. The predicted molar refractivity (Wildman–Crippen MR) is 89.2 cm³/mol.